The zero-order valence-corrected chi connectivity index (χ0v) is 12.4. The minimum atomic E-state index is -0.233. The lowest BCUT2D eigenvalue weighted by atomic mass is 10.1. The van der Waals surface area contributed by atoms with E-state index in [1.54, 1.807) is 11.8 Å². The van der Waals surface area contributed by atoms with E-state index in [1.807, 2.05) is 45.9 Å². The van der Waals surface area contributed by atoms with E-state index in [2.05, 4.69) is 5.32 Å². The number of hydrogen-bond acceptors (Lipinski definition) is 3. The third kappa shape index (κ3) is 5.10. The Balaban J connectivity index is 2.50. The van der Waals surface area contributed by atoms with Crippen molar-refractivity contribution in [3.05, 3.63) is 29.3 Å². The minimum Gasteiger partial charge on any atom is -0.325 e. The molecule has 1 aromatic rings. The maximum atomic E-state index is 11.8. The van der Waals surface area contributed by atoms with Gasteiger partial charge in [0.25, 0.3) is 0 Å². The summed E-state index contributed by atoms with van der Waals surface area (Å²) in [5.41, 5.74) is 8.74. The fourth-order valence-corrected chi connectivity index (χ4v) is 2.48. The van der Waals surface area contributed by atoms with Crippen molar-refractivity contribution in [2.24, 2.45) is 5.73 Å². The van der Waals surface area contributed by atoms with Gasteiger partial charge in [0, 0.05) is 17.0 Å². The van der Waals surface area contributed by atoms with Gasteiger partial charge in [-0.3, -0.25) is 4.79 Å². The number of aryl methyl sites for hydroxylation is 2. The van der Waals surface area contributed by atoms with Gasteiger partial charge in [0.2, 0.25) is 5.91 Å². The number of carbonyl (C=O) groups is 1. The average molecular weight is 266 g/mol. The highest BCUT2D eigenvalue weighted by Gasteiger charge is 2.12. The molecule has 0 fully saturated rings. The van der Waals surface area contributed by atoms with Crippen LogP contribution in [-0.4, -0.2) is 23.0 Å². The fraction of sp³-hybridized carbons (Fsp3) is 0.500. The molecule has 0 heterocycles. The molecule has 1 rings (SSSR count). The second-order valence-corrected chi connectivity index (χ2v) is 6.28. The summed E-state index contributed by atoms with van der Waals surface area (Å²) in [6, 6.07) is 5.99. The number of benzene rings is 1. The molecule has 1 aromatic carbocycles. The van der Waals surface area contributed by atoms with Crippen LogP contribution in [0.3, 0.4) is 0 Å². The van der Waals surface area contributed by atoms with Gasteiger partial charge in [-0.05, 0) is 38.8 Å². The van der Waals surface area contributed by atoms with Gasteiger partial charge >= 0.3 is 0 Å². The Labute approximate surface area is 114 Å². The first-order valence-corrected chi connectivity index (χ1v) is 7.18. The van der Waals surface area contributed by atoms with E-state index >= 15 is 0 Å². The number of thioether (sulfide) groups is 1. The Morgan fingerprint density at radius 2 is 1.89 bits per heavy atom. The molecule has 0 aliphatic rings. The van der Waals surface area contributed by atoms with Gasteiger partial charge in [-0.1, -0.05) is 18.2 Å². The standard InChI is InChI=1S/C14H22N2OS/c1-10-6-5-7-11(2)13(10)16-12(17)8-18-9-14(3,4)15/h5-7H,8-9,15H2,1-4H3,(H,16,17). The topological polar surface area (TPSA) is 55.1 Å². The van der Waals surface area contributed by atoms with E-state index in [1.165, 1.54) is 0 Å². The zero-order chi connectivity index (χ0) is 13.8. The summed E-state index contributed by atoms with van der Waals surface area (Å²) in [5.74, 6) is 1.24. The predicted molar refractivity (Wildman–Crippen MR) is 80.1 cm³/mol. The summed E-state index contributed by atoms with van der Waals surface area (Å²) in [6.45, 7) is 7.92. The molecule has 0 radical (unpaired) electrons. The van der Waals surface area contributed by atoms with Crippen LogP contribution in [0, 0.1) is 13.8 Å². The molecule has 18 heavy (non-hydrogen) atoms. The van der Waals surface area contributed by atoms with Crippen molar-refractivity contribution in [2.45, 2.75) is 33.2 Å². The molecule has 0 aliphatic heterocycles. The Hall–Kier alpha value is -1.000. The van der Waals surface area contributed by atoms with Crippen LogP contribution in [0.15, 0.2) is 18.2 Å². The number of rotatable bonds is 5. The SMILES string of the molecule is Cc1cccc(C)c1NC(=O)CSCC(C)(C)N. The van der Waals surface area contributed by atoms with Crippen molar-refractivity contribution in [3.63, 3.8) is 0 Å². The maximum Gasteiger partial charge on any atom is 0.234 e. The van der Waals surface area contributed by atoms with Crippen molar-refractivity contribution >= 4 is 23.4 Å². The molecular weight excluding hydrogens is 244 g/mol. The van der Waals surface area contributed by atoms with Crippen molar-refractivity contribution in [3.8, 4) is 0 Å². The van der Waals surface area contributed by atoms with Crippen molar-refractivity contribution < 1.29 is 4.79 Å². The first-order chi connectivity index (χ1) is 8.29. The summed E-state index contributed by atoms with van der Waals surface area (Å²) in [7, 11) is 0. The average Bonchev–Trinajstić information content (AvgIpc) is 2.22. The molecule has 0 saturated carbocycles. The molecule has 100 valence electrons. The Bertz CT molecular complexity index is 404. The van der Waals surface area contributed by atoms with Crippen LogP contribution >= 0.6 is 11.8 Å². The van der Waals surface area contributed by atoms with Gasteiger partial charge < -0.3 is 11.1 Å². The third-order valence-electron chi connectivity index (χ3n) is 2.45. The first kappa shape index (κ1) is 15.1. The van der Waals surface area contributed by atoms with Crippen LogP contribution in [0.25, 0.3) is 0 Å². The highest BCUT2D eigenvalue weighted by molar-refractivity contribution is 8.00. The lowest BCUT2D eigenvalue weighted by molar-refractivity contribution is -0.113. The largest absolute Gasteiger partial charge is 0.325 e. The van der Waals surface area contributed by atoms with Gasteiger partial charge in [0.15, 0.2) is 0 Å². The molecule has 0 aliphatic carbocycles. The highest BCUT2D eigenvalue weighted by Crippen LogP contribution is 2.20. The lowest BCUT2D eigenvalue weighted by Gasteiger charge is -2.17. The number of para-hydroxylation sites is 1. The second-order valence-electron chi connectivity index (χ2n) is 5.30. The number of nitrogens with one attached hydrogen (secondary N) is 1. The summed E-state index contributed by atoms with van der Waals surface area (Å²) < 4.78 is 0. The highest BCUT2D eigenvalue weighted by atomic mass is 32.2. The molecule has 3 N–H and O–H groups in total. The molecule has 1 amide bonds. The number of nitrogens with two attached hydrogens (primary N) is 1. The summed E-state index contributed by atoms with van der Waals surface area (Å²) in [6.07, 6.45) is 0. The summed E-state index contributed by atoms with van der Waals surface area (Å²) >= 11 is 1.56. The quantitative estimate of drug-likeness (QED) is 0.861. The van der Waals surface area contributed by atoms with Crippen LogP contribution < -0.4 is 11.1 Å². The van der Waals surface area contributed by atoms with Crippen LogP contribution in [0.4, 0.5) is 5.69 Å². The molecule has 3 nitrogen and oxygen atoms in total. The molecule has 4 heteroatoms. The van der Waals surface area contributed by atoms with Crippen LogP contribution in [0.1, 0.15) is 25.0 Å². The molecule has 0 bridgehead atoms. The smallest absolute Gasteiger partial charge is 0.234 e. The van der Waals surface area contributed by atoms with Crippen LogP contribution in [0.2, 0.25) is 0 Å². The third-order valence-corrected chi connectivity index (χ3v) is 3.87. The van der Waals surface area contributed by atoms with Crippen molar-refractivity contribution in [2.75, 3.05) is 16.8 Å². The van der Waals surface area contributed by atoms with Crippen molar-refractivity contribution in [1.29, 1.82) is 0 Å². The van der Waals surface area contributed by atoms with Gasteiger partial charge in [-0.15, -0.1) is 0 Å². The zero-order valence-electron chi connectivity index (χ0n) is 11.5. The van der Waals surface area contributed by atoms with Crippen LogP contribution in [-0.2, 0) is 4.79 Å². The molecule has 0 spiro atoms. The Morgan fingerprint density at radius 1 is 1.33 bits per heavy atom. The molecule has 0 atom stereocenters. The van der Waals surface area contributed by atoms with E-state index in [4.69, 9.17) is 5.73 Å². The number of anilines is 1. The number of amides is 1. The first-order valence-electron chi connectivity index (χ1n) is 6.02. The van der Waals surface area contributed by atoms with Gasteiger partial charge in [-0.25, -0.2) is 0 Å². The second kappa shape index (κ2) is 6.25. The van der Waals surface area contributed by atoms with E-state index in [-0.39, 0.29) is 11.4 Å². The van der Waals surface area contributed by atoms with Crippen molar-refractivity contribution in [1.82, 2.24) is 0 Å². The normalized spacial score (nSPS) is 11.4. The molecule has 0 aromatic heterocycles. The molecule has 0 saturated heterocycles. The molecular formula is C14H22N2OS. The lowest BCUT2D eigenvalue weighted by Crippen LogP contribution is -2.35. The fourth-order valence-electron chi connectivity index (χ4n) is 1.59. The van der Waals surface area contributed by atoms with E-state index < -0.39 is 0 Å². The Kier molecular flexibility index (Phi) is 5.23. The van der Waals surface area contributed by atoms with Gasteiger partial charge in [0.1, 0.15) is 0 Å². The van der Waals surface area contributed by atoms with Gasteiger partial charge in [0.05, 0.1) is 5.75 Å². The van der Waals surface area contributed by atoms with Crippen LogP contribution in [0.5, 0.6) is 0 Å². The summed E-state index contributed by atoms with van der Waals surface area (Å²) in [5, 5.41) is 2.96. The monoisotopic (exact) mass is 266 g/mol. The van der Waals surface area contributed by atoms with E-state index in [0.29, 0.717) is 5.75 Å². The number of carbonyl (C=O) groups excluding carboxylic acids is 1. The molecule has 0 unspecified atom stereocenters. The van der Waals surface area contributed by atoms with E-state index in [9.17, 15) is 4.79 Å². The Morgan fingerprint density at radius 3 is 2.39 bits per heavy atom. The predicted octanol–water partition coefficient (Wildman–Crippen LogP) is 2.71. The number of hydrogen-bond donors (Lipinski definition) is 2. The van der Waals surface area contributed by atoms with Gasteiger partial charge in [-0.2, -0.15) is 11.8 Å². The summed E-state index contributed by atoms with van der Waals surface area (Å²) in [4.78, 5) is 11.8. The van der Waals surface area contributed by atoms with E-state index in [0.717, 1.165) is 22.6 Å². The maximum absolute atomic E-state index is 11.8. The minimum absolute atomic E-state index is 0.0293.